The molecule has 0 atom stereocenters. The number of nitrogens with zero attached hydrogens (tertiary/aromatic N) is 1. The molecule has 4 nitrogen and oxygen atoms in total. The second kappa shape index (κ2) is 8.16. The van der Waals surface area contributed by atoms with Gasteiger partial charge >= 0.3 is 6.61 Å². The van der Waals surface area contributed by atoms with Crippen molar-refractivity contribution in [3.05, 3.63) is 28.2 Å². The van der Waals surface area contributed by atoms with Crippen molar-refractivity contribution in [3.63, 3.8) is 0 Å². The SMILES string of the molecule is CN(C)C(=O)CCNCc1cc(Br)ccc1OC(F)F. The Morgan fingerprint density at radius 2 is 2.15 bits per heavy atom. The lowest BCUT2D eigenvalue weighted by atomic mass is 10.2. The smallest absolute Gasteiger partial charge is 0.387 e. The third-order valence-corrected chi connectivity index (χ3v) is 3.06. The molecule has 1 aromatic carbocycles. The fourth-order valence-corrected chi connectivity index (χ4v) is 1.95. The molecule has 7 heteroatoms. The number of amides is 1. The topological polar surface area (TPSA) is 41.6 Å². The zero-order chi connectivity index (χ0) is 15.1. The predicted octanol–water partition coefficient (Wildman–Crippen LogP) is 2.62. The summed E-state index contributed by atoms with van der Waals surface area (Å²) < 4.78 is 29.8. The van der Waals surface area contributed by atoms with E-state index in [1.165, 1.54) is 11.0 Å². The molecular formula is C13H17BrF2N2O2. The van der Waals surface area contributed by atoms with Crippen molar-refractivity contribution in [2.75, 3.05) is 20.6 Å². The number of halogens is 3. The van der Waals surface area contributed by atoms with Crippen molar-refractivity contribution in [1.29, 1.82) is 0 Å². The Bertz CT molecular complexity index is 456. The van der Waals surface area contributed by atoms with Crippen LogP contribution in [0.1, 0.15) is 12.0 Å². The molecule has 0 heterocycles. The molecule has 0 fully saturated rings. The lowest BCUT2D eigenvalue weighted by molar-refractivity contribution is -0.128. The normalized spacial score (nSPS) is 10.7. The van der Waals surface area contributed by atoms with Gasteiger partial charge in [-0.25, -0.2) is 0 Å². The molecule has 0 aromatic heterocycles. The highest BCUT2D eigenvalue weighted by atomic mass is 79.9. The lowest BCUT2D eigenvalue weighted by Gasteiger charge is -2.13. The summed E-state index contributed by atoms with van der Waals surface area (Å²) in [5.41, 5.74) is 0.608. The molecule has 0 bridgehead atoms. The van der Waals surface area contributed by atoms with Gasteiger partial charge in [0.2, 0.25) is 5.91 Å². The Balaban J connectivity index is 2.53. The van der Waals surface area contributed by atoms with E-state index in [2.05, 4.69) is 26.0 Å². The van der Waals surface area contributed by atoms with E-state index in [1.54, 1.807) is 26.2 Å². The first-order valence-electron chi connectivity index (χ1n) is 6.04. The number of carbonyl (C=O) groups is 1. The van der Waals surface area contributed by atoms with E-state index in [9.17, 15) is 13.6 Å². The van der Waals surface area contributed by atoms with E-state index in [-0.39, 0.29) is 11.7 Å². The Hall–Kier alpha value is -1.21. The summed E-state index contributed by atoms with van der Waals surface area (Å²) in [6, 6.07) is 4.83. The second-order valence-electron chi connectivity index (χ2n) is 4.35. The van der Waals surface area contributed by atoms with Crippen molar-refractivity contribution in [1.82, 2.24) is 10.2 Å². The molecule has 112 valence electrons. The molecular weight excluding hydrogens is 334 g/mol. The van der Waals surface area contributed by atoms with Crippen molar-refractivity contribution in [2.45, 2.75) is 19.6 Å². The Labute approximate surface area is 125 Å². The van der Waals surface area contributed by atoms with Gasteiger partial charge in [-0.05, 0) is 18.2 Å². The van der Waals surface area contributed by atoms with Crippen LogP contribution in [0.25, 0.3) is 0 Å². The van der Waals surface area contributed by atoms with Gasteiger partial charge in [-0.3, -0.25) is 4.79 Å². The summed E-state index contributed by atoms with van der Waals surface area (Å²) in [4.78, 5) is 12.9. The van der Waals surface area contributed by atoms with Gasteiger partial charge in [0.1, 0.15) is 5.75 Å². The number of carbonyl (C=O) groups excluding carboxylic acids is 1. The van der Waals surface area contributed by atoms with Crippen LogP contribution in [-0.4, -0.2) is 38.1 Å². The maximum atomic E-state index is 12.3. The zero-order valence-corrected chi connectivity index (χ0v) is 12.9. The minimum atomic E-state index is -2.86. The number of hydrogen-bond donors (Lipinski definition) is 1. The molecule has 20 heavy (non-hydrogen) atoms. The fourth-order valence-electron chi connectivity index (χ4n) is 1.54. The highest BCUT2D eigenvalue weighted by Gasteiger charge is 2.10. The molecule has 1 aromatic rings. The van der Waals surface area contributed by atoms with Crippen LogP contribution in [0.15, 0.2) is 22.7 Å². The number of benzene rings is 1. The molecule has 0 saturated carbocycles. The predicted molar refractivity (Wildman–Crippen MR) is 75.8 cm³/mol. The standard InChI is InChI=1S/C13H17BrF2N2O2/c1-18(2)12(19)5-6-17-8-9-7-10(14)3-4-11(9)20-13(15)16/h3-4,7,13,17H,5-6,8H2,1-2H3. The van der Waals surface area contributed by atoms with Gasteiger partial charge in [0.05, 0.1) is 0 Å². The van der Waals surface area contributed by atoms with Crippen LogP contribution >= 0.6 is 15.9 Å². The van der Waals surface area contributed by atoms with E-state index in [0.29, 0.717) is 25.1 Å². The number of nitrogens with one attached hydrogen (secondary N) is 1. The number of ether oxygens (including phenoxy) is 1. The highest BCUT2D eigenvalue weighted by molar-refractivity contribution is 9.10. The third kappa shape index (κ3) is 5.83. The van der Waals surface area contributed by atoms with Crippen molar-refractivity contribution in [2.24, 2.45) is 0 Å². The molecule has 1 N–H and O–H groups in total. The molecule has 1 rings (SSSR count). The van der Waals surface area contributed by atoms with Crippen LogP contribution in [0.3, 0.4) is 0 Å². The summed E-state index contributed by atoms with van der Waals surface area (Å²) in [7, 11) is 3.37. The Kier molecular flexibility index (Phi) is 6.87. The van der Waals surface area contributed by atoms with Crippen molar-refractivity contribution < 1.29 is 18.3 Å². The van der Waals surface area contributed by atoms with Crippen molar-refractivity contribution >= 4 is 21.8 Å². The maximum absolute atomic E-state index is 12.3. The zero-order valence-electron chi connectivity index (χ0n) is 11.3. The molecule has 0 aliphatic carbocycles. The first-order valence-corrected chi connectivity index (χ1v) is 6.83. The third-order valence-electron chi connectivity index (χ3n) is 2.57. The summed E-state index contributed by atoms with van der Waals surface area (Å²) in [5.74, 6) is 0.144. The maximum Gasteiger partial charge on any atom is 0.387 e. The number of hydrogen-bond acceptors (Lipinski definition) is 3. The first-order chi connectivity index (χ1) is 9.40. The molecule has 0 saturated heterocycles. The summed E-state index contributed by atoms with van der Waals surface area (Å²) in [6.45, 7) is -2.04. The minimum Gasteiger partial charge on any atom is -0.434 e. The van der Waals surface area contributed by atoms with Crippen LogP contribution in [-0.2, 0) is 11.3 Å². The molecule has 1 amide bonds. The van der Waals surface area contributed by atoms with Gasteiger partial charge in [-0.1, -0.05) is 15.9 Å². The van der Waals surface area contributed by atoms with E-state index in [4.69, 9.17) is 0 Å². The second-order valence-corrected chi connectivity index (χ2v) is 5.26. The molecule has 0 aliphatic heterocycles. The van der Waals surface area contributed by atoms with E-state index >= 15 is 0 Å². The monoisotopic (exact) mass is 350 g/mol. The summed E-state index contributed by atoms with van der Waals surface area (Å²) in [5, 5.41) is 3.04. The molecule has 0 spiro atoms. The van der Waals surface area contributed by atoms with Gasteiger partial charge in [-0.15, -0.1) is 0 Å². The lowest BCUT2D eigenvalue weighted by Crippen LogP contribution is -2.26. The van der Waals surface area contributed by atoms with Crippen LogP contribution < -0.4 is 10.1 Å². The van der Waals surface area contributed by atoms with Crippen molar-refractivity contribution in [3.8, 4) is 5.75 Å². The van der Waals surface area contributed by atoms with Gasteiger partial charge in [0, 0.05) is 43.6 Å². The quantitative estimate of drug-likeness (QED) is 0.768. The average Bonchev–Trinajstić information content (AvgIpc) is 2.36. The molecule has 0 aliphatic rings. The largest absolute Gasteiger partial charge is 0.434 e. The summed E-state index contributed by atoms with van der Waals surface area (Å²) >= 11 is 3.28. The van der Waals surface area contributed by atoms with E-state index in [1.807, 2.05) is 0 Å². The van der Waals surface area contributed by atoms with Gasteiger partial charge in [-0.2, -0.15) is 8.78 Å². The fraction of sp³-hybridized carbons (Fsp3) is 0.462. The summed E-state index contributed by atoms with van der Waals surface area (Å²) in [6.07, 6.45) is 0.353. The molecule has 0 unspecified atom stereocenters. The first kappa shape index (κ1) is 16.8. The highest BCUT2D eigenvalue weighted by Crippen LogP contribution is 2.24. The van der Waals surface area contributed by atoms with Gasteiger partial charge in [0.15, 0.2) is 0 Å². The Morgan fingerprint density at radius 3 is 2.75 bits per heavy atom. The minimum absolute atomic E-state index is 0.01000. The van der Waals surface area contributed by atoms with Crippen LogP contribution in [0.2, 0.25) is 0 Å². The van der Waals surface area contributed by atoms with E-state index < -0.39 is 6.61 Å². The van der Waals surface area contributed by atoms with Crippen LogP contribution in [0, 0.1) is 0 Å². The average molecular weight is 351 g/mol. The molecule has 0 radical (unpaired) electrons. The van der Waals surface area contributed by atoms with E-state index in [0.717, 1.165) is 4.47 Å². The van der Waals surface area contributed by atoms with Gasteiger partial charge < -0.3 is 15.0 Å². The number of rotatable bonds is 7. The van der Waals surface area contributed by atoms with Crippen LogP contribution in [0.5, 0.6) is 5.75 Å². The van der Waals surface area contributed by atoms with Crippen LogP contribution in [0.4, 0.5) is 8.78 Å². The Morgan fingerprint density at radius 1 is 1.45 bits per heavy atom. The van der Waals surface area contributed by atoms with Gasteiger partial charge in [0.25, 0.3) is 0 Å². The number of alkyl halides is 2.